The van der Waals surface area contributed by atoms with Crippen molar-refractivity contribution in [1.29, 1.82) is 0 Å². The lowest BCUT2D eigenvalue weighted by Crippen LogP contribution is -2.25. The maximum atomic E-state index is 5.43. The molecule has 1 aromatic rings. The van der Waals surface area contributed by atoms with Crippen LogP contribution in [-0.4, -0.2) is 36.1 Å². The fourth-order valence-corrected chi connectivity index (χ4v) is 1.63. The smallest absolute Gasteiger partial charge is 0.222 e. The quantitative estimate of drug-likeness (QED) is 0.712. The van der Waals surface area contributed by atoms with E-state index >= 15 is 0 Å². The molecule has 0 bridgehead atoms. The molecule has 0 spiro atoms. The maximum absolute atomic E-state index is 5.43. The Bertz CT molecular complexity index is 257. The van der Waals surface area contributed by atoms with Crippen molar-refractivity contribution in [1.82, 2.24) is 9.88 Å². The number of pyridine rings is 1. The number of rotatable bonds is 4. The Kier molecular flexibility index (Phi) is 3.35. The van der Waals surface area contributed by atoms with E-state index in [-0.39, 0.29) is 0 Å². The van der Waals surface area contributed by atoms with Crippen molar-refractivity contribution < 1.29 is 4.74 Å². The van der Waals surface area contributed by atoms with E-state index in [0.29, 0.717) is 12.5 Å². The van der Waals surface area contributed by atoms with Crippen LogP contribution < -0.4 is 4.74 Å². The van der Waals surface area contributed by atoms with Crippen molar-refractivity contribution in [2.45, 2.75) is 12.8 Å². The van der Waals surface area contributed by atoms with E-state index in [1.54, 1.807) is 12.3 Å². The largest absolute Gasteiger partial charge is 0.476 e. The molecule has 3 heteroatoms. The van der Waals surface area contributed by atoms with Crippen molar-refractivity contribution in [3.05, 3.63) is 24.4 Å². The van der Waals surface area contributed by atoms with Gasteiger partial charge in [-0.25, -0.2) is 4.98 Å². The molecule has 0 unspecified atom stereocenters. The normalized spacial score (nSPS) is 17.1. The fraction of sp³-hybridized carbons (Fsp3) is 0.545. The molecule has 1 aromatic heterocycles. The first-order valence-corrected chi connectivity index (χ1v) is 5.05. The lowest BCUT2D eigenvalue weighted by molar-refractivity contribution is 0.231. The summed E-state index contributed by atoms with van der Waals surface area (Å²) in [5.74, 6) is 0.548. The molecule has 1 aliphatic rings. The molecule has 1 fully saturated rings. The highest BCUT2D eigenvalue weighted by Crippen LogP contribution is 2.07. The topological polar surface area (TPSA) is 25.4 Å². The Morgan fingerprint density at radius 1 is 1.43 bits per heavy atom. The lowest BCUT2D eigenvalue weighted by atomic mass is 10.4. The summed E-state index contributed by atoms with van der Waals surface area (Å²) in [4.78, 5) is 6.42. The van der Waals surface area contributed by atoms with Crippen LogP contribution in [0.25, 0.3) is 0 Å². The van der Waals surface area contributed by atoms with Gasteiger partial charge in [-0.05, 0) is 38.1 Å². The van der Waals surface area contributed by atoms with Crippen LogP contribution in [0.15, 0.2) is 12.3 Å². The Labute approximate surface area is 84.7 Å². The molecule has 0 aromatic carbocycles. The van der Waals surface area contributed by atoms with Gasteiger partial charge >= 0.3 is 0 Å². The SMILES string of the molecule is [c]1[c]c(OCCN2CCCC2)ncc1. The highest BCUT2D eigenvalue weighted by molar-refractivity contribution is 5.05. The van der Waals surface area contributed by atoms with E-state index in [9.17, 15) is 0 Å². The summed E-state index contributed by atoms with van der Waals surface area (Å²) in [6, 6.07) is 7.35. The monoisotopic (exact) mass is 190 g/mol. The minimum atomic E-state index is 0.548. The molecule has 14 heavy (non-hydrogen) atoms. The third-order valence-electron chi connectivity index (χ3n) is 2.37. The van der Waals surface area contributed by atoms with Gasteiger partial charge in [-0.15, -0.1) is 0 Å². The molecule has 2 heterocycles. The summed E-state index contributed by atoms with van der Waals surface area (Å²) < 4.78 is 5.43. The lowest BCUT2D eigenvalue weighted by Gasteiger charge is -2.14. The Balaban J connectivity index is 1.67. The van der Waals surface area contributed by atoms with Gasteiger partial charge in [0.25, 0.3) is 0 Å². The van der Waals surface area contributed by atoms with Crippen molar-refractivity contribution >= 4 is 0 Å². The summed E-state index contributed by atoms with van der Waals surface area (Å²) >= 11 is 0. The molecule has 2 rings (SSSR count). The Morgan fingerprint density at radius 3 is 3.00 bits per heavy atom. The zero-order chi connectivity index (χ0) is 9.64. The summed E-state index contributed by atoms with van der Waals surface area (Å²) in [6.07, 6.45) is 4.31. The molecule has 1 aliphatic heterocycles. The highest BCUT2D eigenvalue weighted by Gasteiger charge is 2.10. The van der Waals surface area contributed by atoms with Crippen LogP contribution in [0.5, 0.6) is 5.88 Å². The first-order valence-electron chi connectivity index (χ1n) is 5.05. The van der Waals surface area contributed by atoms with E-state index in [4.69, 9.17) is 4.74 Å². The van der Waals surface area contributed by atoms with Gasteiger partial charge < -0.3 is 4.74 Å². The van der Waals surface area contributed by atoms with Crippen molar-refractivity contribution in [3.8, 4) is 5.88 Å². The number of hydrogen-bond acceptors (Lipinski definition) is 3. The molecule has 2 radical (unpaired) electrons. The van der Waals surface area contributed by atoms with Gasteiger partial charge in [-0.2, -0.15) is 0 Å². The minimum Gasteiger partial charge on any atom is -0.476 e. The molecule has 0 saturated carbocycles. The van der Waals surface area contributed by atoms with Crippen molar-refractivity contribution in [2.75, 3.05) is 26.2 Å². The zero-order valence-electron chi connectivity index (χ0n) is 8.20. The number of aromatic nitrogens is 1. The van der Waals surface area contributed by atoms with Gasteiger partial charge in [0, 0.05) is 12.7 Å². The standard InChI is InChI=1S/C11H14N2O/c1-2-6-12-11(5-1)14-10-9-13-7-3-4-8-13/h2,6H,3-4,7-10H2. The molecule has 0 atom stereocenters. The molecular formula is C11H14N2O. The fourth-order valence-electron chi connectivity index (χ4n) is 1.63. The molecule has 74 valence electrons. The van der Waals surface area contributed by atoms with E-state index in [1.165, 1.54) is 25.9 Å². The molecular weight excluding hydrogens is 176 g/mol. The molecule has 0 amide bonds. The maximum Gasteiger partial charge on any atom is 0.222 e. The van der Waals surface area contributed by atoms with Crippen LogP contribution in [0.4, 0.5) is 0 Å². The van der Waals surface area contributed by atoms with Crippen molar-refractivity contribution in [2.24, 2.45) is 0 Å². The molecule has 3 nitrogen and oxygen atoms in total. The van der Waals surface area contributed by atoms with Crippen LogP contribution in [-0.2, 0) is 0 Å². The van der Waals surface area contributed by atoms with E-state index < -0.39 is 0 Å². The van der Waals surface area contributed by atoms with Crippen LogP contribution >= 0.6 is 0 Å². The summed E-state index contributed by atoms with van der Waals surface area (Å²) in [6.45, 7) is 4.11. The predicted molar refractivity (Wildman–Crippen MR) is 53.1 cm³/mol. The average Bonchev–Trinajstić information content (AvgIpc) is 2.72. The van der Waals surface area contributed by atoms with Gasteiger partial charge in [0.15, 0.2) is 0 Å². The summed E-state index contributed by atoms with van der Waals surface area (Å²) in [5.41, 5.74) is 0. The minimum absolute atomic E-state index is 0.548. The van der Waals surface area contributed by atoms with Gasteiger partial charge in [0.1, 0.15) is 6.61 Å². The second-order valence-corrected chi connectivity index (χ2v) is 3.42. The number of likely N-dealkylation sites (tertiary alicyclic amines) is 1. The number of nitrogens with zero attached hydrogens (tertiary/aromatic N) is 2. The van der Waals surface area contributed by atoms with E-state index in [2.05, 4.69) is 22.0 Å². The third kappa shape index (κ3) is 2.70. The first-order chi connectivity index (χ1) is 6.95. The van der Waals surface area contributed by atoms with E-state index in [0.717, 1.165) is 6.54 Å². The van der Waals surface area contributed by atoms with E-state index in [1.807, 2.05) is 0 Å². The predicted octanol–water partition coefficient (Wildman–Crippen LogP) is 1.16. The van der Waals surface area contributed by atoms with Crippen LogP contribution in [0.2, 0.25) is 0 Å². The first kappa shape index (κ1) is 9.46. The van der Waals surface area contributed by atoms with Crippen LogP contribution in [0.3, 0.4) is 0 Å². The second kappa shape index (κ2) is 4.96. The van der Waals surface area contributed by atoms with Gasteiger partial charge in [0.2, 0.25) is 5.88 Å². The third-order valence-corrected chi connectivity index (χ3v) is 2.37. The second-order valence-electron chi connectivity index (χ2n) is 3.42. The average molecular weight is 190 g/mol. The summed E-state index contributed by atoms with van der Waals surface area (Å²) in [5, 5.41) is 0. The Hall–Kier alpha value is -1.09. The van der Waals surface area contributed by atoms with Crippen LogP contribution in [0, 0.1) is 12.1 Å². The highest BCUT2D eigenvalue weighted by atomic mass is 16.5. The molecule has 1 saturated heterocycles. The van der Waals surface area contributed by atoms with Crippen LogP contribution in [0.1, 0.15) is 12.8 Å². The van der Waals surface area contributed by atoms with Gasteiger partial charge in [-0.1, -0.05) is 0 Å². The van der Waals surface area contributed by atoms with Gasteiger partial charge in [0.05, 0.1) is 6.07 Å². The molecule has 0 aliphatic carbocycles. The number of hydrogen-bond donors (Lipinski definition) is 0. The molecule has 0 N–H and O–H groups in total. The van der Waals surface area contributed by atoms with Gasteiger partial charge in [-0.3, -0.25) is 4.90 Å². The Morgan fingerprint density at radius 2 is 2.29 bits per heavy atom. The van der Waals surface area contributed by atoms with Crippen molar-refractivity contribution in [3.63, 3.8) is 0 Å². The summed E-state index contributed by atoms with van der Waals surface area (Å²) in [7, 11) is 0. The zero-order valence-corrected chi connectivity index (χ0v) is 8.20. The number of ether oxygens (including phenoxy) is 1.